The Morgan fingerprint density at radius 3 is 2.47 bits per heavy atom. The summed E-state index contributed by atoms with van der Waals surface area (Å²) in [5.41, 5.74) is 2.07. The van der Waals surface area contributed by atoms with Crippen LogP contribution in [0.2, 0.25) is 0 Å². The second kappa shape index (κ2) is 7.14. The molecule has 0 radical (unpaired) electrons. The van der Waals surface area contributed by atoms with Gasteiger partial charge in [0.1, 0.15) is 0 Å². The maximum Gasteiger partial charge on any atom is 0.0991 e. The Morgan fingerprint density at radius 1 is 1.16 bits per heavy atom. The van der Waals surface area contributed by atoms with Gasteiger partial charge in [0.25, 0.3) is 0 Å². The predicted molar refractivity (Wildman–Crippen MR) is 79.7 cm³/mol. The van der Waals surface area contributed by atoms with Crippen LogP contribution in [0.25, 0.3) is 0 Å². The predicted octanol–water partition coefficient (Wildman–Crippen LogP) is 4.87. The van der Waals surface area contributed by atoms with Crippen LogP contribution in [-0.4, -0.2) is 0 Å². The smallest absolute Gasteiger partial charge is 0.0991 e. The van der Waals surface area contributed by atoms with E-state index in [4.69, 9.17) is 5.26 Å². The minimum atomic E-state index is 0.746. The number of rotatable bonds is 4. The summed E-state index contributed by atoms with van der Waals surface area (Å²) < 4.78 is 0. The zero-order valence-electron chi connectivity index (χ0n) is 11.8. The van der Waals surface area contributed by atoms with Crippen LogP contribution in [0.5, 0.6) is 0 Å². The Hall–Kier alpha value is -1.55. The van der Waals surface area contributed by atoms with Gasteiger partial charge in [-0.15, -0.1) is 0 Å². The number of hydrogen-bond donors (Lipinski definition) is 0. The molecule has 0 bridgehead atoms. The van der Waals surface area contributed by atoms with Crippen molar-refractivity contribution in [3.63, 3.8) is 0 Å². The van der Waals surface area contributed by atoms with Crippen molar-refractivity contribution in [1.29, 1.82) is 5.26 Å². The van der Waals surface area contributed by atoms with Crippen LogP contribution < -0.4 is 0 Å². The molecule has 0 heterocycles. The highest BCUT2D eigenvalue weighted by atomic mass is 14.2. The van der Waals surface area contributed by atoms with Gasteiger partial charge in [-0.3, -0.25) is 0 Å². The van der Waals surface area contributed by atoms with E-state index in [0.29, 0.717) is 0 Å². The molecule has 1 aliphatic carbocycles. The SMILES string of the molecule is CC1CCC(C=CCCc2ccc(C#N)cc2)CC1. The van der Waals surface area contributed by atoms with Crippen LogP contribution in [0.3, 0.4) is 0 Å². The quantitative estimate of drug-likeness (QED) is 0.702. The molecule has 0 unspecified atom stereocenters. The second-order valence-corrected chi connectivity index (χ2v) is 5.80. The zero-order chi connectivity index (χ0) is 13.5. The van der Waals surface area contributed by atoms with Crippen molar-refractivity contribution in [2.45, 2.75) is 45.4 Å². The molecule has 0 amide bonds. The lowest BCUT2D eigenvalue weighted by molar-refractivity contribution is 0.330. The lowest BCUT2D eigenvalue weighted by Gasteiger charge is -2.23. The molecule has 0 spiro atoms. The standard InChI is InChI=1S/C18H23N/c1-15-6-8-16(9-7-15)4-2-3-5-17-10-12-18(14-19)13-11-17/h2,4,10-13,15-16H,3,5-9H2,1H3. The van der Waals surface area contributed by atoms with Gasteiger partial charge in [0, 0.05) is 0 Å². The highest BCUT2D eigenvalue weighted by molar-refractivity contribution is 5.31. The lowest BCUT2D eigenvalue weighted by Crippen LogP contribution is -2.09. The molecule has 100 valence electrons. The van der Waals surface area contributed by atoms with Gasteiger partial charge in [0.05, 0.1) is 11.6 Å². The fraction of sp³-hybridized carbons (Fsp3) is 0.500. The second-order valence-electron chi connectivity index (χ2n) is 5.80. The summed E-state index contributed by atoms with van der Waals surface area (Å²) >= 11 is 0. The average Bonchev–Trinajstić information content (AvgIpc) is 2.46. The first kappa shape index (κ1) is 13.9. The minimum absolute atomic E-state index is 0.746. The number of hydrogen-bond acceptors (Lipinski definition) is 1. The van der Waals surface area contributed by atoms with E-state index < -0.39 is 0 Å². The van der Waals surface area contributed by atoms with Crippen molar-refractivity contribution in [2.24, 2.45) is 11.8 Å². The van der Waals surface area contributed by atoms with Crippen LogP contribution >= 0.6 is 0 Å². The number of benzene rings is 1. The molecule has 2 rings (SSSR count). The highest BCUT2D eigenvalue weighted by Gasteiger charge is 2.15. The van der Waals surface area contributed by atoms with E-state index in [2.05, 4.69) is 37.3 Å². The number of allylic oxidation sites excluding steroid dienone is 2. The molecule has 0 aliphatic heterocycles. The largest absolute Gasteiger partial charge is 0.192 e. The van der Waals surface area contributed by atoms with Crippen LogP contribution in [0.4, 0.5) is 0 Å². The van der Waals surface area contributed by atoms with Gasteiger partial charge >= 0.3 is 0 Å². The molecule has 0 N–H and O–H groups in total. The fourth-order valence-electron chi connectivity index (χ4n) is 2.76. The molecule has 1 aliphatic rings. The molecule has 1 aromatic rings. The Morgan fingerprint density at radius 2 is 1.84 bits per heavy atom. The third-order valence-electron chi connectivity index (χ3n) is 4.15. The van der Waals surface area contributed by atoms with Gasteiger partial charge in [-0.25, -0.2) is 0 Å². The number of aryl methyl sites for hydroxylation is 1. The molecule has 0 aromatic heterocycles. The van der Waals surface area contributed by atoms with E-state index in [0.717, 1.165) is 30.2 Å². The number of nitrogens with zero attached hydrogens (tertiary/aromatic N) is 1. The van der Waals surface area contributed by atoms with Crippen LogP contribution in [0, 0.1) is 23.2 Å². The Labute approximate surface area is 117 Å². The Bertz CT molecular complexity index is 442. The first-order valence-corrected chi connectivity index (χ1v) is 7.43. The van der Waals surface area contributed by atoms with E-state index in [1.807, 2.05) is 12.1 Å². The van der Waals surface area contributed by atoms with Gasteiger partial charge in [0.15, 0.2) is 0 Å². The topological polar surface area (TPSA) is 23.8 Å². The summed E-state index contributed by atoms with van der Waals surface area (Å²) in [6.45, 7) is 2.37. The molecule has 1 aromatic carbocycles. The summed E-state index contributed by atoms with van der Waals surface area (Å²) in [4.78, 5) is 0. The minimum Gasteiger partial charge on any atom is -0.192 e. The molecule has 1 heteroatoms. The fourth-order valence-corrected chi connectivity index (χ4v) is 2.76. The van der Waals surface area contributed by atoms with Gasteiger partial charge in [-0.05, 0) is 55.2 Å². The highest BCUT2D eigenvalue weighted by Crippen LogP contribution is 2.29. The van der Waals surface area contributed by atoms with Crippen LogP contribution in [0.1, 0.15) is 50.2 Å². The average molecular weight is 253 g/mol. The summed E-state index contributed by atoms with van der Waals surface area (Å²) in [5, 5.41) is 8.74. The molecule has 19 heavy (non-hydrogen) atoms. The summed E-state index contributed by atoms with van der Waals surface area (Å²) in [6.07, 6.45) is 12.5. The van der Waals surface area contributed by atoms with Crippen molar-refractivity contribution < 1.29 is 0 Å². The van der Waals surface area contributed by atoms with Crippen molar-refractivity contribution in [1.82, 2.24) is 0 Å². The normalized spacial score (nSPS) is 23.4. The maximum absolute atomic E-state index is 8.74. The monoisotopic (exact) mass is 253 g/mol. The molecule has 0 saturated heterocycles. The first-order chi connectivity index (χ1) is 9.28. The Balaban J connectivity index is 1.72. The molecule has 1 fully saturated rings. The van der Waals surface area contributed by atoms with E-state index in [1.54, 1.807) is 0 Å². The molecule has 1 nitrogen and oxygen atoms in total. The van der Waals surface area contributed by atoms with Crippen molar-refractivity contribution in [2.75, 3.05) is 0 Å². The molecule has 0 atom stereocenters. The van der Waals surface area contributed by atoms with Crippen molar-refractivity contribution >= 4 is 0 Å². The Kier molecular flexibility index (Phi) is 5.21. The van der Waals surface area contributed by atoms with Crippen molar-refractivity contribution in [3.8, 4) is 6.07 Å². The van der Waals surface area contributed by atoms with E-state index >= 15 is 0 Å². The van der Waals surface area contributed by atoms with Gasteiger partial charge in [0.2, 0.25) is 0 Å². The first-order valence-electron chi connectivity index (χ1n) is 7.43. The summed E-state index contributed by atoms with van der Waals surface area (Å²) in [6, 6.07) is 10.1. The molecular weight excluding hydrogens is 230 g/mol. The van der Waals surface area contributed by atoms with Gasteiger partial charge in [-0.2, -0.15) is 5.26 Å². The zero-order valence-corrected chi connectivity index (χ0v) is 11.8. The third kappa shape index (κ3) is 4.56. The molecular formula is C18H23N. The van der Waals surface area contributed by atoms with E-state index in [9.17, 15) is 0 Å². The number of nitriles is 1. The summed E-state index contributed by atoms with van der Waals surface area (Å²) in [5.74, 6) is 1.75. The maximum atomic E-state index is 8.74. The lowest BCUT2D eigenvalue weighted by atomic mass is 9.83. The molecule has 1 saturated carbocycles. The van der Waals surface area contributed by atoms with Gasteiger partial charge in [-0.1, -0.05) is 44.1 Å². The van der Waals surface area contributed by atoms with Crippen molar-refractivity contribution in [3.05, 3.63) is 47.5 Å². The van der Waals surface area contributed by atoms with Crippen LogP contribution in [-0.2, 0) is 6.42 Å². The van der Waals surface area contributed by atoms with E-state index in [1.165, 1.54) is 31.2 Å². The van der Waals surface area contributed by atoms with Crippen LogP contribution in [0.15, 0.2) is 36.4 Å². The summed E-state index contributed by atoms with van der Waals surface area (Å²) in [7, 11) is 0. The third-order valence-corrected chi connectivity index (χ3v) is 4.15. The van der Waals surface area contributed by atoms with Gasteiger partial charge < -0.3 is 0 Å². The van der Waals surface area contributed by atoms with E-state index in [-0.39, 0.29) is 0 Å².